The van der Waals surface area contributed by atoms with Gasteiger partial charge in [-0.3, -0.25) is 4.79 Å². The molecule has 3 aromatic carbocycles. The number of methoxy groups -OCH3 is 1. The largest absolute Gasteiger partial charge is 0.495 e. The van der Waals surface area contributed by atoms with Gasteiger partial charge in [-0.05, 0) is 48.6 Å². The van der Waals surface area contributed by atoms with Crippen molar-refractivity contribution in [1.29, 1.82) is 0 Å². The van der Waals surface area contributed by atoms with Gasteiger partial charge in [0.15, 0.2) is 5.16 Å². The first-order chi connectivity index (χ1) is 17.1. The van der Waals surface area contributed by atoms with Gasteiger partial charge in [0.05, 0.1) is 19.3 Å². The van der Waals surface area contributed by atoms with Crippen LogP contribution < -0.4 is 10.1 Å². The first-order valence-electron chi connectivity index (χ1n) is 11.8. The summed E-state index contributed by atoms with van der Waals surface area (Å²) in [6.45, 7) is 2.67. The minimum Gasteiger partial charge on any atom is -0.495 e. The highest BCUT2D eigenvalue weighted by Gasteiger charge is 2.32. The van der Waals surface area contributed by atoms with Gasteiger partial charge in [0, 0.05) is 5.92 Å². The average Bonchev–Trinajstić information content (AvgIpc) is 3.65. The molecule has 1 fully saturated rings. The molecule has 7 heteroatoms. The van der Waals surface area contributed by atoms with Crippen LogP contribution in [0.15, 0.2) is 84.0 Å². The van der Waals surface area contributed by atoms with Crippen molar-refractivity contribution in [3.8, 4) is 5.75 Å². The van der Waals surface area contributed by atoms with Gasteiger partial charge in [-0.2, -0.15) is 0 Å². The zero-order chi connectivity index (χ0) is 24.2. The van der Waals surface area contributed by atoms with Gasteiger partial charge < -0.3 is 14.6 Å². The van der Waals surface area contributed by atoms with Crippen LogP contribution in [0.4, 0.5) is 5.69 Å². The van der Waals surface area contributed by atoms with Crippen LogP contribution in [0.3, 0.4) is 0 Å². The third kappa shape index (κ3) is 5.41. The van der Waals surface area contributed by atoms with E-state index in [4.69, 9.17) is 4.74 Å². The van der Waals surface area contributed by atoms with Crippen molar-refractivity contribution in [2.24, 2.45) is 0 Å². The molecule has 6 nitrogen and oxygen atoms in total. The molecule has 0 radical (unpaired) electrons. The number of hydrogen-bond donors (Lipinski definition) is 1. The van der Waals surface area contributed by atoms with E-state index in [0.29, 0.717) is 23.9 Å². The van der Waals surface area contributed by atoms with E-state index in [1.807, 2.05) is 73.7 Å². The normalized spacial score (nSPS) is 13.9. The SMILES string of the molecule is COc1ccc(C)cc1NC(=O)[C@H](Sc1nnc(C2CC2)n1Cc1ccccc1)c1ccccc1. The number of aryl methyl sites for hydroxylation is 1. The maximum absolute atomic E-state index is 13.7. The summed E-state index contributed by atoms with van der Waals surface area (Å²) in [5.74, 6) is 1.95. The van der Waals surface area contributed by atoms with Crippen molar-refractivity contribution in [2.45, 2.75) is 42.6 Å². The zero-order valence-electron chi connectivity index (χ0n) is 19.8. The Kier molecular flexibility index (Phi) is 6.86. The number of carbonyl (C=O) groups excluding carboxylic acids is 1. The Balaban J connectivity index is 1.47. The van der Waals surface area contributed by atoms with E-state index in [1.54, 1.807) is 7.11 Å². The number of hydrogen-bond acceptors (Lipinski definition) is 5. The standard InChI is InChI=1S/C28H28N4O2S/c1-19-13-16-24(34-2)23(17-19)29-27(33)25(21-11-7-4-8-12-21)35-28-31-30-26(22-14-15-22)32(28)18-20-9-5-3-6-10-20/h3-13,16-17,22,25H,14-15,18H2,1-2H3,(H,29,33)/t25-/m1/s1. The first-order valence-corrected chi connectivity index (χ1v) is 12.6. The predicted molar refractivity (Wildman–Crippen MR) is 139 cm³/mol. The van der Waals surface area contributed by atoms with Crippen LogP contribution in [0, 0.1) is 6.92 Å². The summed E-state index contributed by atoms with van der Waals surface area (Å²) >= 11 is 1.44. The molecule has 1 amide bonds. The van der Waals surface area contributed by atoms with E-state index in [-0.39, 0.29) is 5.91 Å². The monoisotopic (exact) mass is 484 g/mol. The Morgan fingerprint density at radius 2 is 1.77 bits per heavy atom. The third-order valence-electron chi connectivity index (χ3n) is 6.05. The van der Waals surface area contributed by atoms with E-state index >= 15 is 0 Å². The summed E-state index contributed by atoms with van der Waals surface area (Å²) < 4.78 is 7.65. The molecule has 1 aliphatic carbocycles. The first kappa shape index (κ1) is 23.2. The van der Waals surface area contributed by atoms with Crippen molar-refractivity contribution >= 4 is 23.4 Å². The molecule has 4 aromatic rings. The number of carbonyl (C=O) groups is 1. The summed E-state index contributed by atoms with van der Waals surface area (Å²) in [6, 6.07) is 25.9. The van der Waals surface area contributed by atoms with Gasteiger partial charge in [0.1, 0.15) is 16.8 Å². The molecule has 0 unspecified atom stereocenters. The maximum Gasteiger partial charge on any atom is 0.242 e. The molecule has 1 N–H and O–H groups in total. The Labute approximate surface area is 209 Å². The maximum atomic E-state index is 13.7. The van der Waals surface area contributed by atoms with Crippen molar-refractivity contribution in [1.82, 2.24) is 14.8 Å². The van der Waals surface area contributed by atoms with E-state index < -0.39 is 5.25 Å². The van der Waals surface area contributed by atoms with Gasteiger partial charge in [-0.1, -0.05) is 78.5 Å². The Morgan fingerprint density at radius 3 is 2.46 bits per heavy atom. The van der Waals surface area contributed by atoms with E-state index in [1.165, 1.54) is 17.3 Å². The van der Waals surface area contributed by atoms with Gasteiger partial charge in [-0.25, -0.2) is 0 Å². The molecule has 0 saturated heterocycles. The topological polar surface area (TPSA) is 69.0 Å². The summed E-state index contributed by atoms with van der Waals surface area (Å²) in [4.78, 5) is 13.7. The minimum atomic E-state index is -0.507. The van der Waals surface area contributed by atoms with E-state index in [0.717, 1.165) is 34.9 Å². The molecule has 0 bridgehead atoms. The number of benzene rings is 3. The second-order valence-electron chi connectivity index (χ2n) is 8.79. The molecular weight excluding hydrogens is 456 g/mol. The number of thioether (sulfide) groups is 1. The Morgan fingerprint density at radius 1 is 1.06 bits per heavy atom. The fourth-order valence-corrected chi connectivity index (χ4v) is 5.11. The van der Waals surface area contributed by atoms with Crippen LogP contribution >= 0.6 is 11.8 Å². The van der Waals surface area contributed by atoms with Crippen LogP contribution in [0.1, 0.15) is 46.5 Å². The van der Waals surface area contributed by atoms with E-state index in [2.05, 4.69) is 32.2 Å². The summed E-state index contributed by atoms with van der Waals surface area (Å²) in [7, 11) is 1.61. The molecule has 1 saturated carbocycles. The van der Waals surface area contributed by atoms with Gasteiger partial charge in [0.2, 0.25) is 5.91 Å². The van der Waals surface area contributed by atoms with Gasteiger partial charge >= 0.3 is 0 Å². The van der Waals surface area contributed by atoms with Crippen LogP contribution in [-0.2, 0) is 11.3 Å². The third-order valence-corrected chi connectivity index (χ3v) is 7.28. The molecule has 1 atom stereocenters. The van der Waals surface area contributed by atoms with E-state index in [9.17, 15) is 4.79 Å². The lowest BCUT2D eigenvalue weighted by Crippen LogP contribution is -2.20. The highest BCUT2D eigenvalue weighted by atomic mass is 32.2. The van der Waals surface area contributed by atoms with Crippen LogP contribution in [0.5, 0.6) is 5.75 Å². The molecule has 1 aliphatic rings. The number of nitrogens with zero attached hydrogens (tertiary/aromatic N) is 3. The van der Waals surface area contributed by atoms with Crippen molar-refractivity contribution in [3.63, 3.8) is 0 Å². The summed E-state index contributed by atoms with van der Waals surface area (Å²) in [5.41, 5.74) is 3.79. The quantitative estimate of drug-likeness (QED) is 0.295. The summed E-state index contributed by atoms with van der Waals surface area (Å²) in [6.07, 6.45) is 2.26. The van der Waals surface area contributed by atoms with Crippen molar-refractivity contribution in [3.05, 3.63) is 101 Å². The Hall–Kier alpha value is -3.58. The second kappa shape index (κ2) is 10.4. The minimum absolute atomic E-state index is 0.132. The lowest BCUT2D eigenvalue weighted by molar-refractivity contribution is -0.115. The van der Waals surface area contributed by atoms with Gasteiger partial charge in [0.25, 0.3) is 0 Å². The molecular formula is C28H28N4O2S. The van der Waals surface area contributed by atoms with Crippen LogP contribution in [-0.4, -0.2) is 27.8 Å². The second-order valence-corrected chi connectivity index (χ2v) is 9.86. The lowest BCUT2D eigenvalue weighted by Gasteiger charge is -2.19. The van der Waals surface area contributed by atoms with Crippen LogP contribution in [0.2, 0.25) is 0 Å². The highest BCUT2D eigenvalue weighted by Crippen LogP contribution is 2.42. The number of rotatable bonds is 9. The molecule has 0 spiro atoms. The molecule has 178 valence electrons. The molecule has 1 heterocycles. The average molecular weight is 485 g/mol. The molecule has 0 aliphatic heterocycles. The lowest BCUT2D eigenvalue weighted by atomic mass is 10.1. The zero-order valence-corrected chi connectivity index (χ0v) is 20.7. The number of anilines is 1. The fraction of sp³-hybridized carbons (Fsp3) is 0.250. The highest BCUT2D eigenvalue weighted by molar-refractivity contribution is 8.00. The predicted octanol–water partition coefficient (Wildman–Crippen LogP) is 5.99. The van der Waals surface area contributed by atoms with Crippen molar-refractivity contribution in [2.75, 3.05) is 12.4 Å². The Bertz CT molecular complexity index is 1300. The summed E-state index contributed by atoms with van der Waals surface area (Å²) in [5, 5.41) is 12.4. The smallest absolute Gasteiger partial charge is 0.242 e. The molecule has 5 rings (SSSR count). The number of ether oxygens (including phenoxy) is 1. The number of aromatic nitrogens is 3. The van der Waals surface area contributed by atoms with Crippen LogP contribution in [0.25, 0.3) is 0 Å². The van der Waals surface area contributed by atoms with Crippen molar-refractivity contribution < 1.29 is 9.53 Å². The number of amides is 1. The molecule has 1 aromatic heterocycles. The molecule has 35 heavy (non-hydrogen) atoms. The number of nitrogens with one attached hydrogen (secondary N) is 1. The fourth-order valence-electron chi connectivity index (χ4n) is 4.07. The van der Waals surface area contributed by atoms with Gasteiger partial charge in [-0.15, -0.1) is 10.2 Å².